The molecule has 0 fully saturated rings. The summed E-state index contributed by atoms with van der Waals surface area (Å²) in [5.41, 5.74) is 1.52. The van der Waals surface area contributed by atoms with E-state index in [0.29, 0.717) is 17.6 Å². The lowest BCUT2D eigenvalue weighted by molar-refractivity contribution is -0.142. The first-order chi connectivity index (χ1) is 19.3. The number of Topliss-reactive ketones (excluding diaryl/α,β-unsaturated/α-hetero) is 1. The van der Waals surface area contributed by atoms with Crippen molar-refractivity contribution in [2.45, 2.75) is 44.6 Å². The maximum atomic E-state index is 12.8. The number of carbonyl (C=O) groups is 4. The van der Waals surface area contributed by atoms with E-state index in [2.05, 4.69) is 11.3 Å². The number of hydrogen-bond donors (Lipinski definition) is 0. The van der Waals surface area contributed by atoms with E-state index in [-0.39, 0.29) is 29.9 Å². The molecule has 0 saturated heterocycles. The van der Waals surface area contributed by atoms with Gasteiger partial charge in [0.05, 0.1) is 26.4 Å². The molecule has 0 spiro atoms. The molecule has 0 saturated carbocycles. The molecule has 2 aromatic carbocycles. The minimum atomic E-state index is -4.10. The number of ketones is 1. The Balaban J connectivity index is 0.000000422. The second-order valence-corrected chi connectivity index (χ2v) is 11.4. The topological polar surface area (TPSA) is 130 Å². The van der Waals surface area contributed by atoms with Crippen LogP contribution in [0, 0.1) is 5.92 Å². The van der Waals surface area contributed by atoms with Gasteiger partial charge in [-0.15, -0.1) is 0 Å². The van der Waals surface area contributed by atoms with E-state index >= 15 is 0 Å². The Bertz CT molecular complexity index is 1330. The lowest BCUT2D eigenvalue weighted by atomic mass is 9.96. The van der Waals surface area contributed by atoms with Gasteiger partial charge in [0.2, 0.25) is 0 Å². The van der Waals surface area contributed by atoms with Crippen LogP contribution in [0.25, 0.3) is 6.08 Å². The van der Waals surface area contributed by atoms with Gasteiger partial charge in [0.15, 0.2) is 15.1 Å². The molecular weight excluding hydrogens is 548 g/mol. The van der Waals surface area contributed by atoms with E-state index in [1.165, 1.54) is 21.0 Å². The zero-order chi connectivity index (χ0) is 31.2. The van der Waals surface area contributed by atoms with Crippen molar-refractivity contribution >= 4 is 39.6 Å². The first-order valence-electron chi connectivity index (χ1n) is 12.9. The molecule has 3 atom stereocenters. The van der Waals surface area contributed by atoms with Crippen LogP contribution in [0.15, 0.2) is 78.4 Å². The summed E-state index contributed by atoms with van der Waals surface area (Å²) in [6.45, 7) is 9.76. The molecule has 41 heavy (non-hydrogen) atoms. The van der Waals surface area contributed by atoms with Gasteiger partial charge in [-0.05, 0) is 44.4 Å². The molecule has 9 nitrogen and oxygen atoms in total. The number of hydrogen-bond acceptors (Lipinski definition) is 9. The maximum Gasteiger partial charge on any atom is 0.334 e. The van der Waals surface area contributed by atoms with Crippen molar-refractivity contribution in [3.05, 3.63) is 89.5 Å². The molecule has 0 heterocycles. The summed E-state index contributed by atoms with van der Waals surface area (Å²) in [6, 6.07) is 17.6. The molecule has 2 aromatic rings. The minimum Gasteiger partial charge on any atom is -0.466 e. The summed E-state index contributed by atoms with van der Waals surface area (Å²) in [5.74, 6) is -2.21. The molecule has 0 radical (unpaired) electrons. The first-order valence-corrected chi connectivity index (χ1v) is 14.5. The number of benzene rings is 2. The van der Waals surface area contributed by atoms with Gasteiger partial charge < -0.3 is 14.2 Å². The second-order valence-electron chi connectivity index (χ2n) is 9.08. The second kappa shape index (κ2) is 16.9. The van der Waals surface area contributed by atoms with E-state index in [9.17, 15) is 27.6 Å². The van der Waals surface area contributed by atoms with Crippen molar-refractivity contribution < 1.29 is 41.8 Å². The predicted octanol–water partition coefficient (Wildman–Crippen LogP) is 4.68. The fraction of sp³-hybridized carbons (Fsp3) is 0.355. The quantitative estimate of drug-likeness (QED) is 0.198. The molecule has 3 unspecified atom stereocenters. The highest BCUT2D eigenvalue weighted by atomic mass is 32.2. The lowest BCUT2D eigenvalue weighted by Gasteiger charge is -2.22. The molecule has 10 heteroatoms. The Morgan fingerprint density at radius 2 is 1.39 bits per heavy atom. The average Bonchev–Trinajstić information content (AvgIpc) is 2.96. The van der Waals surface area contributed by atoms with Crippen LogP contribution >= 0.6 is 0 Å². The minimum absolute atomic E-state index is 0.0621. The van der Waals surface area contributed by atoms with Crippen molar-refractivity contribution in [1.82, 2.24) is 0 Å². The molecule has 2 rings (SSSR count). The zero-order valence-corrected chi connectivity index (χ0v) is 25.1. The molecule has 0 aliphatic heterocycles. The van der Waals surface area contributed by atoms with Gasteiger partial charge in [0.25, 0.3) is 0 Å². The molecule has 0 N–H and O–H groups in total. The largest absolute Gasteiger partial charge is 0.466 e. The van der Waals surface area contributed by atoms with Crippen LogP contribution in [0.4, 0.5) is 0 Å². The van der Waals surface area contributed by atoms with Gasteiger partial charge in [-0.25, -0.2) is 18.0 Å². The summed E-state index contributed by atoms with van der Waals surface area (Å²) < 4.78 is 39.8. The van der Waals surface area contributed by atoms with Crippen LogP contribution in [0.2, 0.25) is 0 Å². The highest BCUT2D eigenvalue weighted by molar-refractivity contribution is 7.93. The number of methoxy groups -OCH3 is 2. The molecular formula is C31H38O9S. The van der Waals surface area contributed by atoms with Gasteiger partial charge >= 0.3 is 17.9 Å². The average molecular weight is 587 g/mol. The summed E-state index contributed by atoms with van der Waals surface area (Å²) in [7, 11) is -1.62. The molecule has 0 aliphatic rings. The summed E-state index contributed by atoms with van der Waals surface area (Å²) in [6.07, 6.45) is 2.17. The molecule has 0 aromatic heterocycles. The molecule has 0 aliphatic carbocycles. The lowest BCUT2D eigenvalue weighted by Crippen LogP contribution is -2.34. The smallest absolute Gasteiger partial charge is 0.334 e. The number of ether oxygens (including phenoxy) is 3. The predicted molar refractivity (Wildman–Crippen MR) is 156 cm³/mol. The zero-order valence-electron chi connectivity index (χ0n) is 24.3. The fourth-order valence-corrected chi connectivity index (χ4v) is 5.38. The van der Waals surface area contributed by atoms with Gasteiger partial charge in [-0.1, -0.05) is 74.2 Å². The standard InChI is InChI=1S/C16H20O6S.C15H18O3/c1-5-22-16(18)12(3)23(19,20)14(11(2)15(17)21-4)13-9-7-6-8-10-13;1-11(12(2)16)9-14(15(17)18-3)10-13-7-5-4-6-8-13/h6-10,12,14H,2,5H2,1,3-4H3;4-8,10-11H,9H2,1-3H3/b;14-10+. The highest BCUT2D eigenvalue weighted by Gasteiger charge is 2.41. The van der Waals surface area contributed by atoms with Gasteiger partial charge in [-0.2, -0.15) is 0 Å². The van der Waals surface area contributed by atoms with E-state index in [4.69, 9.17) is 9.47 Å². The summed E-state index contributed by atoms with van der Waals surface area (Å²) in [4.78, 5) is 46.6. The third-order valence-corrected chi connectivity index (χ3v) is 8.51. The van der Waals surface area contributed by atoms with Crippen molar-refractivity contribution in [3.63, 3.8) is 0 Å². The van der Waals surface area contributed by atoms with Crippen LogP contribution in [0.1, 0.15) is 50.5 Å². The number of esters is 3. The fourth-order valence-electron chi connectivity index (χ4n) is 3.61. The van der Waals surface area contributed by atoms with Crippen molar-refractivity contribution in [3.8, 4) is 0 Å². The van der Waals surface area contributed by atoms with Gasteiger partial charge in [0, 0.05) is 11.5 Å². The van der Waals surface area contributed by atoms with Crippen molar-refractivity contribution in [1.29, 1.82) is 0 Å². The third kappa shape index (κ3) is 10.5. The van der Waals surface area contributed by atoms with E-state index in [1.807, 2.05) is 37.3 Å². The van der Waals surface area contributed by atoms with Crippen LogP contribution in [-0.2, 0) is 43.2 Å². The Kier molecular flexibility index (Phi) is 14.4. The number of sulfone groups is 1. The van der Waals surface area contributed by atoms with E-state index in [1.54, 1.807) is 43.3 Å². The molecule has 0 amide bonds. The van der Waals surface area contributed by atoms with Gasteiger partial charge in [0.1, 0.15) is 11.0 Å². The highest BCUT2D eigenvalue weighted by Crippen LogP contribution is 2.33. The van der Waals surface area contributed by atoms with Gasteiger partial charge in [-0.3, -0.25) is 9.59 Å². The van der Waals surface area contributed by atoms with E-state index < -0.39 is 32.3 Å². The van der Waals surface area contributed by atoms with Crippen LogP contribution in [0.3, 0.4) is 0 Å². The van der Waals surface area contributed by atoms with Crippen LogP contribution < -0.4 is 0 Å². The SMILES string of the molecule is C=C(C(=O)OC)C(c1ccccc1)S(=O)(=O)C(C)C(=O)OCC.COC(=O)/C(=C/c1ccccc1)CC(C)C(C)=O. The normalized spacial score (nSPS) is 13.4. The Labute approximate surface area is 242 Å². The van der Waals surface area contributed by atoms with Crippen LogP contribution in [-0.4, -0.2) is 58.2 Å². The number of carbonyl (C=O) groups excluding carboxylic acids is 4. The third-order valence-electron chi connectivity index (χ3n) is 6.11. The molecule has 222 valence electrons. The van der Waals surface area contributed by atoms with Crippen molar-refractivity contribution in [2.75, 3.05) is 20.8 Å². The summed E-state index contributed by atoms with van der Waals surface area (Å²) in [5, 5.41) is -2.82. The van der Waals surface area contributed by atoms with E-state index in [0.717, 1.165) is 12.7 Å². The Morgan fingerprint density at radius 3 is 1.85 bits per heavy atom. The van der Waals surface area contributed by atoms with Crippen molar-refractivity contribution in [2.24, 2.45) is 5.92 Å². The Morgan fingerprint density at radius 1 is 0.878 bits per heavy atom. The maximum absolute atomic E-state index is 12.8. The summed E-state index contributed by atoms with van der Waals surface area (Å²) >= 11 is 0. The molecule has 0 bridgehead atoms. The Hall–Kier alpha value is -4.05. The number of rotatable bonds is 12. The first kappa shape index (κ1) is 35.0. The van der Waals surface area contributed by atoms with Crippen LogP contribution in [0.5, 0.6) is 0 Å². The monoisotopic (exact) mass is 586 g/mol.